The largest absolute Gasteiger partial charge is 0.494 e. The number of hydrogen-bond donors (Lipinski definition) is 1. The molecule has 0 bridgehead atoms. The maximum atomic E-state index is 13.1. The van der Waals surface area contributed by atoms with Crippen LogP contribution in [-0.4, -0.2) is 87.3 Å². The van der Waals surface area contributed by atoms with Crippen LogP contribution in [0.1, 0.15) is 30.1 Å². The van der Waals surface area contributed by atoms with Gasteiger partial charge in [0.15, 0.2) is 0 Å². The van der Waals surface area contributed by atoms with Gasteiger partial charge in [0.1, 0.15) is 5.75 Å². The Hall–Kier alpha value is -2.95. The summed E-state index contributed by atoms with van der Waals surface area (Å²) >= 11 is 0. The van der Waals surface area contributed by atoms with E-state index in [0.29, 0.717) is 56.1 Å². The third-order valence-corrected chi connectivity index (χ3v) is 8.60. The van der Waals surface area contributed by atoms with Gasteiger partial charge in [-0.3, -0.25) is 9.59 Å². The summed E-state index contributed by atoms with van der Waals surface area (Å²) in [4.78, 5) is 29.9. The number of sulfonamides is 1. The van der Waals surface area contributed by atoms with Crippen molar-refractivity contribution in [3.8, 4) is 5.75 Å². The predicted molar refractivity (Wildman–Crippen MR) is 138 cm³/mol. The lowest BCUT2D eigenvalue weighted by Gasteiger charge is -2.32. The molecule has 1 atom stereocenters. The van der Waals surface area contributed by atoms with Gasteiger partial charge in [-0.2, -0.15) is 4.31 Å². The number of piperazine rings is 1. The highest BCUT2D eigenvalue weighted by Gasteiger charge is 2.33. The molecule has 0 saturated carbocycles. The van der Waals surface area contributed by atoms with Crippen molar-refractivity contribution in [2.24, 2.45) is 5.92 Å². The number of likely N-dealkylation sites (N-methyl/N-ethyl adjacent to an activating group) is 1. The molecule has 0 spiro atoms. The van der Waals surface area contributed by atoms with E-state index in [2.05, 4.69) is 10.2 Å². The maximum Gasteiger partial charge on any atom is 0.253 e. The van der Waals surface area contributed by atoms with Crippen molar-refractivity contribution < 1.29 is 22.7 Å². The molecule has 2 aromatic rings. The summed E-state index contributed by atoms with van der Waals surface area (Å²) in [5, 5.41) is 2.89. The molecule has 2 aromatic carbocycles. The Balaban J connectivity index is 1.36. The molecule has 0 radical (unpaired) electrons. The van der Waals surface area contributed by atoms with Gasteiger partial charge in [0.25, 0.3) is 5.91 Å². The standard InChI is InChI=1S/C26H34N4O5S/c1-3-35-23-10-12-24(13-11-23)36(33,34)30-14-4-5-21(19-30)25(31)27-22-8-6-20(7-9-22)26(32)29-17-15-28(2)16-18-29/h6-13,21H,3-5,14-19H2,1-2H3,(H,27,31)/t21-/m0/s1. The van der Waals surface area contributed by atoms with Crippen molar-refractivity contribution in [1.29, 1.82) is 0 Å². The average molecular weight is 515 g/mol. The number of carbonyl (C=O) groups is 2. The fraction of sp³-hybridized carbons (Fsp3) is 0.462. The van der Waals surface area contributed by atoms with Gasteiger partial charge in [-0.25, -0.2) is 8.42 Å². The van der Waals surface area contributed by atoms with E-state index in [1.54, 1.807) is 36.4 Å². The summed E-state index contributed by atoms with van der Waals surface area (Å²) in [5.41, 5.74) is 1.17. The van der Waals surface area contributed by atoms with E-state index in [1.165, 1.54) is 16.4 Å². The highest BCUT2D eigenvalue weighted by Crippen LogP contribution is 2.26. The van der Waals surface area contributed by atoms with Gasteiger partial charge in [-0.05, 0) is 75.3 Å². The molecule has 2 amide bonds. The Morgan fingerprint density at radius 3 is 2.28 bits per heavy atom. The maximum absolute atomic E-state index is 13.1. The summed E-state index contributed by atoms with van der Waals surface area (Å²) in [7, 11) is -1.67. The molecule has 9 nitrogen and oxygen atoms in total. The van der Waals surface area contributed by atoms with E-state index in [9.17, 15) is 18.0 Å². The van der Waals surface area contributed by atoms with Gasteiger partial charge in [-0.15, -0.1) is 0 Å². The van der Waals surface area contributed by atoms with E-state index in [4.69, 9.17) is 4.74 Å². The number of rotatable bonds is 7. The van der Waals surface area contributed by atoms with Crippen molar-refractivity contribution in [3.63, 3.8) is 0 Å². The Morgan fingerprint density at radius 1 is 0.972 bits per heavy atom. The molecule has 36 heavy (non-hydrogen) atoms. The third kappa shape index (κ3) is 6.05. The van der Waals surface area contributed by atoms with E-state index in [0.717, 1.165) is 13.1 Å². The van der Waals surface area contributed by atoms with Gasteiger partial charge < -0.3 is 19.9 Å². The van der Waals surface area contributed by atoms with Crippen LogP contribution in [0.3, 0.4) is 0 Å². The average Bonchev–Trinajstić information content (AvgIpc) is 2.90. The molecular formula is C26H34N4O5S. The first-order chi connectivity index (χ1) is 17.3. The Kier molecular flexibility index (Phi) is 8.28. The molecule has 1 N–H and O–H groups in total. The SMILES string of the molecule is CCOc1ccc(S(=O)(=O)N2CCC[C@H](C(=O)Nc3ccc(C(=O)N4CCN(C)CC4)cc3)C2)cc1. The van der Waals surface area contributed by atoms with E-state index < -0.39 is 15.9 Å². The third-order valence-electron chi connectivity index (χ3n) is 6.72. The molecule has 2 saturated heterocycles. The smallest absolute Gasteiger partial charge is 0.253 e. The Morgan fingerprint density at radius 2 is 1.64 bits per heavy atom. The molecule has 2 fully saturated rings. The number of anilines is 1. The second-order valence-corrected chi connectivity index (χ2v) is 11.2. The number of amides is 2. The molecule has 2 aliphatic rings. The van der Waals surface area contributed by atoms with E-state index >= 15 is 0 Å². The first kappa shape index (κ1) is 26.1. The lowest BCUT2D eigenvalue weighted by atomic mass is 9.98. The molecule has 2 aliphatic heterocycles. The number of ether oxygens (including phenoxy) is 1. The second kappa shape index (κ2) is 11.4. The van der Waals surface area contributed by atoms with Crippen LogP contribution >= 0.6 is 0 Å². The van der Waals surface area contributed by atoms with Crippen molar-refractivity contribution in [1.82, 2.24) is 14.1 Å². The zero-order valence-electron chi connectivity index (χ0n) is 20.9. The van der Waals surface area contributed by atoms with Crippen LogP contribution in [0, 0.1) is 5.92 Å². The normalized spacial score (nSPS) is 19.6. The topological polar surface area (TPSA) is 99.3 Å². The van der Waals surface area contributed by atoms with Crippen molar-refractivity contribution >= 4 is 27.5 Å². The van der Waals surface area contributed by atoms with Gasteiger partial charge in [0, 0.05) is 50.5 Å². The number of carbonyl (C=O) groups excluding carboxylic acids is 2. The molecule has 2 heterocycles. The van der Waals surface area contributed by atoms with Crippen molar-refractivity contribution in [2.75, 3.05) is 58.2 Å². The minimum atomic E-state index is -3.71. The number of nitrogens with zero attached hydrogens (tertiary/aromatic N) is 3. The number of piperidine rings is 1. The number of benzene rings is 2. The van der Waals surface area contributed by atoms with Crippen molar-refractivity contribution in [3.05, 3.63) is 54.1 Å². The Labute approximate surface area is 213 Å². The summed E-state index contributed by atoms with van der Waals surface area (Å²) in [5.74, 6) is -0.0744. The lowest BCUT2D eigenvalue weighted by Crippen LogP contribution is -2.47. The summed E-state index contributed by atoms with van der Waals surface area (Å²) in [6.45, 7) is 5.98. The zero-order valence-corrected chi connectivity index (χ0v) is 21.7. The highest BCUT2D eigenvalue weighted by atomic mass is 32.2. The quantitative estimate of drug-likeness (QED) is 0.610. The van der Waals surface area contributed by atoms with E-state index in [1.807, 2.05) is 18.9 Å². The first-order valence-corrected chi connectivity index (χ1v) is 13.8. The highest BCUT2D eigenvalue weighted by molar-refractivity contribution is 7.89. The summed E-state index contributed by atoms with van der Waals surface area (Å²) in [6.07, 6.45) is 1.22. The van der Waals surface area contributed by atoms with Gasteiger partial charge in [0.2, 0.25) is 15.9 Å². The molecule has 194 valence electrons. The van der Waals surface area contributed by atoms with Crippen LogP contribution in [0.5, 0.6) is 5.75 Å². The summed E-state index contributed by atoms with van der Waals surface area (Å²) < 4.78 is 33.1. The van der Waals surface area contributed by atoms with Crippen LogP contribution in [0.25, 0.3) is 0 Å². The van der Waals surface area contributed by atoms with Crippen LogP contribution in [0.15, 0.2) is 53.4 Å². The van der Waals surface area contributed by atoms with Crippen LogP contribution in [0.2, 0.25) is 0 Å². The van der Waals surface area contributed by atoms with Gasteiger partial charge >= 0.3 is 0 Å². The minimum absolute atomic E-state index is 0.0107. The monoisotopic (exact) mass is 514 g/mol. The van der Waals surface area contributed by atoms with Crippen molar-refractivity contribution in [2.45, 2.75) is 24.7 Å². The molecule has 4 rings (SSSR count). The fourth-order valence-electron chi connectivity index (χ4n) is 4.53. The van der Waals surface area contributed by atoms with Crippen LogP contribution in [-0.2, 0) is 14.8 Å². The molecule has 0 unspecified atom stereocenters. The van der Waals surface area contributed by atoms with E-state index in [-0.39, 0.29) is 23.3 Å². The minimum Gasteiger partial charge on any atom is -0.494 e. The molecule has 0 aliphatic carbocycles. The molecule has 0 aromatic heterocycles. The lowest BCUT2D eigenvalue weighted by molar-refractivity contribution is -0.120. The van der Waals surface area contributed by atoms with Gasteiger partial charge in [0.05, 0.1) is 17.4 Å². The predicted octanol–water partition coefficient (Wildman–Crippen LogP) is 2.51. The Bertz CT molecular complexity index is 1160. The fourth-order valence-corrected chi connectivity index (χ4v) is 6.05. The number of hydrogen-bond acceptors (Lipinski definition) is 6. The first-order valence-electron chi connectivity index (χ1n) is 12.4. The van der Waals surface area contributed by atoms with Crippen LogP contribution in [0.4, 0.5) is 5.69 Å². The zero-order chi connectivity index (χ0) is 25.7. The molecule has 10 heteroatoms. The molecular weight excluding hydrogens is 480 g/mol. The van der Waals surface area contributed by atoms with Gasteiger partial charge in [-0.1, -0.05) is 0 Å². The van der Waals surface area contributed by atoms with Crippen LogP contribution < -0.4 is 10.1 Å². The second-order valence-electron chi connectivity index (χ2n) is 9.27. The number of nitrogens with one attached hydrogen (secondary N) is 1. The summed E-state index contributed by atoms with van der Waals surface area (Å²) in [6, 6.07) is 13.2.